The Morgan fingerprint density at radius 3 is 2.96 bits per heavy atom. The molecule has 23 heavy (non-hydrogen) atoms. The van der Waals surface area contributed by atoms with Gasteiger partial charge in [0, 0.05) is 5.56 Å². The first-order valence-electron chi connectivity index (χ1n) is 7.20. The molecule has 5 heteroatoms. The second-order valence-electron chi connectivity index (χ2n) is 4.89. The minimum atomic E-state index is -0.350. The van der Waals surface area contributed by atoms with E-state index in [0.717, 1.165) is 5.56 Å². The summed E-state index contributed by atoms with van der Waals surface area (Å²) in [7, 11) is 0. The maximum Gasteiger partial charge on any atom is 0.149 e. The van der Waals surface area contributed by atoms with E-state index in [1.54, 1.807) is 12.1 Å². The van der Waals surface area contributed by atoms with Crippen molar-refractivity contribution in [3.05, 3.63) is 59.7 Å². The molecule has 0 fully saturated rings. The van der Waals surface area contributed by atoms with E-state index in [0.29, 0.717) is 34.8 Å². The number of aromatic nitrogens is 2. The minimum Gasteiger partial charge on any atom is -0.493 e. The molecule has 1 N–H and O–H groups in total. The molecule has 0 bridgehead atoms. The number of imidazole rings is 1. The highest BCUT2D eigenvalue weighted by molar-refractivity contribution is 5.91. The fraction of sp³-hybridized carbons (Fsp3) is 0.111. The molecule has 1 heterocycles. The van der Waals surface area contributed by atoms with E-state index >= 15 is 0 Å². The van der Waals surface area contributed by atoms with Crippen molar-refractivity contribution in [2.24, 2.45) is 0 Å². The van der Waals surface area contributed by atoms with Crippen LogP contribution in [0, 0.1) is 17.1 Å². The number of halogens is 1. The number of rotatable bonds is 4. The van der Waals surface area contributed by atoms with Gasteiger partial charge in [-0.3, -0.25) is 0 Å². The maximum absolute atomic E-state index is 13.3. The molecule has 4 nitrogen and oxygen atoms in total. The van der Waals surface area contributed by atoms with Gasteiger partial charge in [0.15, 0.2) is 0 Å². The molecular weight excluding hydrogens is 293 g/mol. The van der Waals surface area contributed by atoms with Crippen LogP contribution in [0.5, 0.6) is 5.75 Å². The molecule has 0 spiro atoms. The quantitative estimate of drug-likeness (QED) is 0.736. The van der Waals surface area contributed by atoms with Crippen molar-refractivity contribution in [1.82, 2.24) is 9.97 Å². The number of H-pyrrole nitrogens is 1. The van der Waals surface area contributed by atoms with Gasteiger partial charge in [0.05, 0.1) is 23.2 Å². The normalized spacial score (nSPS) is 11.4. The van der Waals surface area contributed by atoms with Crippen LogP contribution in [0.4, 0.5) is 4.39 Å². The highest BCUT2D eigenvalue weighted by Crippen LogP contribution is 2.25. The maximum atomic E-state index is 13.3. The zero-order valence-corrected chi connectivity index (χ0v) is 12.5. The first-order chi connectivity index (χ1) is 11.2. The van der Waals surface area contributed by atoms with E-state index in [-0.39, 0.29) is 5.82 Å². The van der Waals surface area contributed by atoms with Crippen molar-refractivity contribution < 1.29 is 9.13 Å². The van der Waals surface area contributed by atoms with Gasteiger partial charge in [-0.2, -0.15) is 5.26 Å². The third-order valence-electron chi connectivity index (χ3n) is 3.34. The van der Waals surface area contributed by atoms with Gasteiger partial charge in [0.25, 0.3) is 0 Å². The van der Waals surface area contributed by atoms with Gasteiger partial charge in [-0.25, -0.2) is 9.37 Å². The van der Waals surface area contributed by atoms with Gasteiger partial charge in [0.2, 0.25) is 0 Å². The van der Waals surface area contributed by atoms with Gasteiger partial charge in [-0.1, -0.05) is 18.2 Å². The van der Waals surface area contributed by atoms with Crippen LogP contribution in [-0.4, -0.2) is 16.6 Å². The monoisotopic (exact) mass is 307 g/mol. The summed E-state index contributed by atoms with van der Waals surface area (Å²) in [5.41, 5.74) is 2.31. The molecule has 0 aliphatic rings. The lowest BCUT2D eigenvalue weighted by Crippen LogP contribution is -1.94. The summed E-state index contributed by atoms with van der Waals surface area (Å²) in [4.78, 5) is 7.32. The molecule has 3 rings (SSSR count). The Hall–Kier alpha value is -3.13. The number of aromatic amines is 1. The van der Waals surface area contributed by atoms with E-state index in [1.165, 1.54) is 12.1 Å². The van der Waals surface area contributed by atoms with Crippen LogP contribution in [0.25, 0.3) is 22.7 Å². The molecular formula is C18H14FN3O. The summed E-state index contributed by atoms with van der Waals surface area (Å²) in [5, 5.41) is 9.45. The van der Waals surface area contributed by atoms with Crippen molar-refractivity contribution in [3.63, 3.8) is 0 Å². The molecule has 0 amide bonds. The summed E-state index contributed by atoms with van der Waals surface area (Å²) in [6, 6.07) is 13.9. The van der Waals surface area contributed by atoms with Gasteiger partial charge in [0.1, 0.15) is 23.5 Å². The summed E-state index contributed by atoms with van der Waals surface area (Å²) in [6.07, 6.45) is 1.71. The van der Waals surface area contributed by atoms with E-state index in [4.69, 9.17) is 4.74 Å². The van der Waals surface area contributed by atoms with Gasteiger partial charge in [-0.05, 0) is 37.3 Å². The predicted molar refractivity (Wildman–Crippen MR) is 87.1 cm³/mol. The van der Waals surface area contributed by atoms with Crippen LogP contribution in [-0.2, 0) is 0 Å². The lowest BCUT2D eigenvalue weighted by molar-refractivity contribution is 0.339. The smallest absolute Gasteiger partial charge is 0.149 e. The lowest BCUT2D eigenvalue weighted by Gasteiger charge is -2.06. The van der Waals surface area contributed by atoms with Crippen molar-refractivity contribution in [3.8, 4) is 11.8 Å². The number of hydrogen-bond acceptors (Lipinski definition) is 3. The summed E-state index contributed by atoms with van der Waals surface area (Å²) in [5.74, 6) is 0.751. The van der Waals surface area contributed by atoms with Crippen molar-refractivity contribution in [2.75, 3.05) is 6.61 Å². The zero-order chi connectivity index (χ0) is 16.2. The number of ether oxygens (including phenoxy) is 1. The third-order valence-corrected chi connectivity index (χ3v) is 3.34. The number of para-hydroxylation sites is 1. The predicted octanol–water partition coefficient (Wildman–Crippen LogP) is 4.16. The van der Waals surface area contributed by atoms with Crippen LogP contribution in [0.15, 0.2) is 42.5 Å². The van der Waals surface area contributed by atoms with E-state index in [1.807, 2.05) is 31.2 Å². The van der Waals surface area contributed by atoms with Crippen LogP contribution >= 0.6 is 0 Å². The molecule has 0 aliphatic heterocycles. The molecule has 114 valence electrons. The average Bonchev–Trinajstić information content (AvgIpc) is 2.97. The first kappa shape index (κ1) is 14.8. The second-order valence-corrected chi connectivity index (χ2v) is 4.89. The third kappa shape index (κ3) is 3.06. The molecule has 0 radical (unpaired) electrons. The SMILES string of the molecule is CCOc1ccccc1/C=C(/C#N)c1nc2ccc(F)cc2[nH]1. The minimum absolute atomic E-state index is 0.350. The molecule has 1 aromatic heterocycles. The van der Waals surface area contributed by atoms with Crippen molar-refractivity contribution in [2.45, 2.75) is 6.92 Å². The first-order valence-corrected chi connectivity index (χ1v) is 7.20. The topological polar surface area (TPSA) is 61.7 Å². The van der Waals surface area contributed by atoms with E-state index < -0.39 is 0 Å². The fourth-order valence-electron chi connectivity index (χ4n) is 2.31. The summed E-state index contributed by atoms with van der Waals surface area (Å²) >= 11 is 0. The number of benzene rings is 2. The molecule has 3 aromatic rings. The van der Waals surface area contributed by atoms with Crippen molar-refractivity contribution >= 4 is 22.7 Å². The lowest BCUT2D eigenvalue weighted by atomic mass is 10.1. The fourth-order valence-corrected chi connectivity index (χ4v) is 2.31. The highest BCUT2D eigenvalue weighted by Gasteiger charge is 2.10. The number of nitrogens with zero attached hydrogens (tertiary/aromatic N) is 2. The van der Waals surface area contributed by atoms with Crippen LogP contribution in [0.2, 0.25) is 0 Å². The molecule has 0 aliphatic carbocycles. The number of allylic oxidation sites excluding steroid dienone is 1. The molecule has 0 unspecified atom stereocenters. The highest BCUT2D eigenvalue weighted by atomic mass is 19.1. The molecule has 0 atom stereocenters. The number of fused-ring (bicyclic) bond motifs is 1. The van der Waals surface area contributed by atoms with Gasteiger partial charge in [-0.15, -0.1) is 0 Å². The Labute approximate surface area is 132 Å². The Balaban J connectivity index is 2.06. The Kier molecular flexibility index (Phi) is 4.07. The van der Waals surface area contributed by atoms with Crippen LogP contribution < -0.4 is 4.74 Å². The number of nitriles is 1. The zero-order valence-electron chi connectivity index (χ0n) is 12.5. The van der Waals surface area contributed by atoms with Crippen LogP contribution in [0.3, 0.4) is 0 Å². The molecule has 0 saturated heterocycles. The van der Waals surface area contributed by atoms with Gasteiger partial charge >= 0.3 is 0 Å². The van der Waals surface area contributed by atoms with Crippen molar-refractivity contribution in [1.29, 1.82) is 5.26 Å². The Bertz CT molecular complexity index is 921. The largest absolute Gasteiger partial charge is 0.493 e. The standard InChI is InChI=1S/C18H14FN3O/c1-2-23-17-6-4-3-5-12(17)9-13(11-20)18-21-15-8-7-14(19)10-16(15)22-18/h3-10H,2H2,1H3,(H,21,22)/b13-9-. The molecule has 0 saturated carbocycles. The molecule has 2 aromatic carbocycles. The number of nitrogens with one attached hydrogen (secondary N) is 1. The Morgan fingerprint density at radius 1 is 1.35 bits per heavy atom. The van der Waals surface area contributed by atoms with E-state index in [9.17, 15) is 9.65 Å². The summed E-state index contributed by atoms with van der Waals surface area (Å²) in [6.45, 7) is 2.44. The average molecular weight is 307 g/mol. The van der Waals surface area contributed by atoms with E-state index in [2.05, 4.69) is 16.0 Å². The number of hydrogen-bond donors (Lipinski definition) is 1. The summed E-state index contributed by atoms with van der Waals surface area (Å²) < 4.78 is 18.8. The Morgan fingerprint density at radius 2 is 2.17 bits per heavy atom. The second kappa shape index (κ2) is 6.32. The van der Waals surface area contributed by atoms with Crippen LogP contribution in [0.1, 0.15) is 18.3 Å². The van der Waals surface area contributed by atoms with Gasteiger partial charge < -0.3 is 9.72 Å².